The van der Waals surface area contributed by atoms with Crippen molar-refractivity contribution in [2.45, 2.75) is 13.8 Å². The minimum atomic E-state index is 1.07. The van der Waals surface area contributed by atoms with E-state index in [9.17, 15) is 0 Å². The van der Waals surface area contributed by atoms with E-state index in [-0.39, 0.29) is 0 Å². The Morgan fingerprint density at radius 2 is 2.17 bits per heavy atom. The van der Waals surface area contributed by atoms with Crippen LogP contribution in [0.25, 0.3) is 0 Å². The van der Waals surface area contributed by atoms with Crippen LogP contribution in [0.2, 0.25) is 0 Å². The average Bonchev–Trinajstić information content (AvgIpc) is 2.45. The minimum Gasteiger partial charge on any atom is -0.298 e. The van der Waals surface area contributed by atoms with Gasteiger partial charge in [-0.2, -0.15) is 0 Å². The molecule has 0 amide bonds. The van der Waals surface area contributed by atoms with E-state index in [1.807, 2.05) is 6.08 Å². The predicted octanol–water partition coefficient (Wildman–Crippen LogP) is 2.38. The standard InChI is InChI=1S/C11H17N/c1-5-9(3)11-8-12(4)7-10(11)6-2/h5-6H,1,7-8H2,2-4H3/b10-6-,11-9-. The summed E-state index contributed by atoms with van der Waals surface area (Å²) in [6, 6.07) is 0. The van der Waals surface area contributed by atoms with Crippen molar-refractivity contribution in [1.82, 2.24) is 4.90 Å². The molecule has 1 aliphatic heterocycles. The smallest absolute Gasteiger partial charge is 0.0239 e. The van der Waals surface area contributed by atoms with Gasteiger partial charge < -0.3 is 0 Å². The molecule has 1 rings (SSSR count). The van der Waals surface area contributed by atoms with Crippen molar-refractivity contribution in [3.63, 3.8) is 0 Å². The van der Waals surface area contributed by atoms with Crippen LogP contribution in [-0.4, -0.2) is 25.0 Å². The zero-order valence-electron chi connectivity index (χ0n) is 8.22. The molecule has 1 aliphatic rings. The molecule has 0 radical (unpaired) electrons. The van der Waals surface area contributed by atoms with E-state index in [0.29, 0.717) is 0 Å². The van der Waals surface area contributed by atoms with Crippen molar-refractivity contribution in [1.29, 1.82) is 0 Å². The molecular weight excluding hydrogens is 146 g/mol. The van der Waals surface area contributed by atoms with Gasteiger partial charge in [0.05, 0.1) is 0 Å². The summed E-state index contributed by atoms with van der Waals surface area (Å²) < 4.78 is 0. The molecule has 1 fully saturated rings. The lowest BCUT2D eigenvalue weighted by Gasteiger charge is -2.03. The van der Waals surface area contributed by atoms with Crippen LogP contribution in [0.15, 0.2) is 35.5 Å². The number of likely N-dealkylation sites (N-methyl/N-ethyl adjacent to an activating group) is 1. The molecular formula is C11H17N. The molecule has 0 N–H and O–H groups in total. The van der Waals surface area contributed by atoms with Gasteiger partial charge in [-0.25, -0.2) is 0 Å². The molecule has 0 aromatic rings. The quantitative estimate of drug-likeness (QED) is 0.573. The monoisotopic (exact) mass is 163 g/mol. The van der Waals surface area contributed by atoms with Crippen LogP contribution in [-0.2, 0) is 0 Å². The number of likely N-dealkylation sites (tertiary alicyclic amines) is 1. The van der Waals surface area contributed by atoms with Crippen molar-refractivity contribution in [3.05, 3.63) is 35.5 Å². The molecule has 0 spiro atoms. The van der Waals surface area contributed by atoms with Gasteiger partial charge in [0.25, 0.3) is 0 Å². The molecule has 0 saturated carbocycles. The van der Waals surface area contributed by atoms with E-state index in [0.717, 1.165) is 13.1 Å². The van der Waals surface area contributed by atoms with Crippen molar-refractivity contribution in [2.24, 2.45) is 0 Å². The first-order valence-electron chi connectivity index (χ1n) is 4.35. The molecule has 12 heavy (non-hydrogen) atoms. The number of hydrogen-bond donors (Lipinski definition) is 0. The second-order valence-corrected chi connectivity index (χ2v) is 3.35. The van der Waals surface area contributed by atoms with E-state index >= 15 is 0 Å². The molecule has 0 atom stereocenters. The number of allylic oxidation sites excluding steroid dienone is 3. The highest BCUT2D eigenvalue weighted by molar-refractivity contribution is 5.43. The third-order valence-corrected chi connectivity index (χ3v) is 2.39. The Bertz CT molecular complexity index is 246. The molecule has 1 nitrogen and oxygen atoms in total. The third-order valence-electron chi connectivity index (χ3n) is 2.39. The number of hydrogen-bond acceptors (Lipinski definition) is 1. The fourth-order valence-corrected chi connectivity index (χ4v) is 1.58. The van der Waals surface area contributed by atoms with E-state index in [1.165, 1.54) is 16.7 Å². The van der Waals surface area contributed by atoms with Gasteiger partial charge in [0.2, 0.25) is 0 Å². The first-order chi connectivity index (χ1) is 5.69. The van der Waals surface area contributed by atoms with Crippen LogP contribution in [0.4, 0.5) is 0 Å². The lowest BCUT2D eigenvalue weighted by atomic mass is 10.0. The van der Waals surface area contributed by atoms with Gasteiger partial charge in [-0.05, 0) is 37.6 Å². The highest BCUT2D eigenvalue weighted by atomic mass is 15.1. The van der Waals surface area contributed by atoms with Crippen molar-refractivity contribution >= 4 is 0 Å². The van der Waals surface area contributed by atoms with Crippen molar-refractivity contribution in [2.75, 3.05) is 20.1 Å². The Kier molecular flexibility index (Phi) is 2.88. The summed E-state index contributed by atoms with van der Waals surface area (Å²) in [6.45, 7) is 10.2. The van der Waals surface area contributed by atoms with Crippen LogP contribution >= 0.6 is 0 Å². The zero-order chi connectivity index (χ0) is 9.14. The van der Waals surface area contributed by atoms with E-state index in [4.69, 9.17) is 0 Å². The summed E-state index contributed by atoms with van der Waals surface area (Å²) in [5.41, 5.74) is 4.22. The Labute approximate surface area is 75.1 Å². The Hall–Kier alpha value is -0.820. The largest absolute Gasteiger partial charge is 0.298 e. The van der Waals surface area contributed by atoms with Crippen molar-refractivity contribution in [3.8, 4) is 0 Å². The number of nitrogens with zero attached hydrogens (tertiary/aromatic N) is 1. The third kappa shape index (κ3) is 1.67. The maximum atomic E-state index is 3.80. The fourth-order valence-electron chi connectivity index (χ4n) is 1.58. The molecule has 1 saturated heterocycles. The summed E-state index contributed by atoms with van der Waals surface area (Å²) in [4.78, 5) is 2.32. The molecule has 0 bridgehead atoms. The summed E-state index contributed by atoms with van der Waals surface area (Å²) >= 11 is 0. The van der Waals surface area contributed by atoms with Gasteiger partial charge in [-0.3, -0.25) is 4.90 Å². The SMILES string of the molecule is C=C/C(C)=C1/CN(C)C/C1=C/C. The van der Waals surface area contributed by atoms with Gasteiger partial charge in [0.1, 0.15) is 0 Å². The van der Waals surface area contributed by atoms with Crippen LogP contribution < -0.4 is 0 Å². The predicted molar refractivity (Wildman–Crippen MR) is 54.2 cm³/mol. The van der Waals surface area contributed by atoms with E-state index in [1.54, 1.807) is 0 Å². The van der Waals surface area contributed by atoms with Crippen LogP contribution in [0.3, 0.4) is 0 Å². The second kappa shape index (κ2) is 3.72. The van der Waals surface area contributed by atoms with Gasteiger partial charge in [-0.15, -0.1) is 0 Å². The van der Waals surface area contributed by atoms with E-state index < -0.39 is 0 Å². The van der Waals surface area contributed by atoms with Gasteiger partial charge in [0, 0.05) is 13.1 Å². The Balaban J connectivity index is 2.99. The summed E-state index contributed by atoms with van der Waals surface area (Å²) in [5.74, 6) is 0. The molecule has 0 aromatic carbocycles. The van der Waals surface area contributed by atoms with E-state index in [2.05, 4.69) is 38.5 Å². The van der Waals surface area contributed by atoms with Crippen LogP contribution in [0.5, 0.6) is 0 Å². The van der Waals surface area contributed by atoms with Gasteiger partial charge >= 0.3 is 0 Å². The van der Waals surface area contributed by atoms with Crippen molar-refractivity contribution < 1.29 is 0 Å². The zero-order valence-corrected chi connectivity index (χ0v) is 8.22. The average molecular weight is 163 g/mol. The summed E-state index contributed by atoms with van der Waals surface area (Å²) in [7, 11) is 2.15. The highest BCUT2D eigenvalue weighted by Gasteiger charge is 2.18. The molecule has 0 aliphatic carbocycles. The lowest BCUT2D eigenvalue weighted by molar-refractivity contribution is 0.437. The summed E-state index contributed by atoms with van der Waals surface area (Å²) in [5, 5.41) is 0. The Morgan fingerprint density at radius 1 is 1.50 bits per heavy atom. The molecule has 0 aromatic heterocycles. The first-order valence-corrected chi connectivity index (χ1v) is 4.35. The highest BCUT2D eigenvalue weighted by Crippen LogP contribution is 2.23. The minimum absolute atomic E-state index is 1.07. The lowest BCUT2D eigenvalue weighted by Crippen LogP contribution is -2.11. The number of rotatable bonds is 1. The molecule has 0 unspecified atom stereocenters. The molecule has 66 valence electrons. The van der Waals surface area contributed by atoms with Gasteiger partial charge in [0.15, 0.2) is 0 Å². The molecule has 1 heteroatoms. The van der Waals surface area contributed by atoms with Crippen LogP contribution in [0.1, 0.15) is 13.8 Å². The second-order valence-electron chi connectivity index (χ2n) is 3.35. The fraction of sp³-hybridized carbons (Fsp3) is 0.455. The normalized spacial score (nSPS) is 26.4. The first kappa shape index (κ1) is 9.27. The Morgan fingerprint density at radius 3 is 2.67 bits per heavy atom. The maximum Gasteiger partial charge on any atom is 0.0239 e. The topological polar surface area (TPSA) is 3.24 Å². The van der Waals surface area contributed by atoms with Gasteiger partial charge in [-0.1, -0.05) is 18.7 Å². The maximum absolute atomic E-state index is 3.80. The summed E-state index contributed by atoms with van der Waals surface area (Å²) in [6.07, 6.45) is 4.14. The molecule has 1 heterocycles. The van der Waals surface area contributed by atoms with Crippen LogP contribution in [0, 0.1) is 0 Å².